The highest BCUT2D eigenvalue weighted by molar-refractivity contribution is 5.58. The summed E-state index contributed by atoms with van der Waals surface area (Å²) in [6.45, 7) is 11.8. The van der Waals surface area contributed by atoms with E-state index >= 15 is 0 Å². The zero-order valence-electron chi connectivity index (χ0n) is 13.7. The fourth-order valence-corrected chi connectivity index (χ4v) is 2.72. The lowest BCUT2D eigenvalue weighted by atomic mass is 10.0. The molecule has 2 N–H and O–H groups in total. The Morgan fingerprint density at radius 2 is 1.48 bits per heavy atom. The van der Waals surface area contributed by atoms with Crippen LogP contribution < -0.4 is 10.6 Å². The molecule has 0 unspecified atom stereocenters. The summed E-state index contributed by atoms with van der Waals surface area (Å²) in [5.41, 5.74) is 6.32. The molecule has 2 aromatic rings. The molecular formula is C19H26N2. The van der Waals surface area contributed by atoms with Crippen molar-refractivity contribution in [1.29, 1.82) is 0 Å². The average Bonchev–Trinajstić information content (AvgIpc) is 2.37. The van der Waals surface area contributed by atoms with Crippen LogP contribution >= 0.6 is 0 Å². The monoisotopic (exact) mass is 282 g/mol. The summed E-state index contributed by atoms with van der Waals surface area (Å²) in [7, 11) is 0. The number of anilines is 2. The van der Waals surface area contributed by atoms with Gasteiger partial charge >= 0.3 is 0 Å². The van der Waals surface area contributed by atoms with Crippen molar-refractivity contribution >= 4 is 11.4 Å². The Morgan fingerprint density at radius 3 is 2.05 bits per heavy atom. The Labute approximate surface area is 128 Å². The molecule has 2 heteroatoms. The molecule has 0 atom stereocenters. The zero-order valence-corrected chi connectivity index (χ0v) is 13.7. The third kappa shape index (κ3) is 4.25. The van der Waals surface area contributed by atoms with Crippen LogP contribution in [0.2, 0.25) is 0 Å². The molecule has 0 aliphatic rings. The van der Waals surface area contributed by atoms with E-state index in [0.29, 0.717) is 0 Å². The van der Waals surface area contributed by atoms with E-state index in [1.54, 1.807) is 0 Å². The van der Waals surface area contributed by atoms with Crippen molar-refractivity contribution in [3.8, 4) is 0 Å². The summed E-state index contributed by atoms with van der Waals surface area (Å²) in [5.74, 6) is 0. The maximum absolute atomic E-state index is 3.61. The number of hydrogen-bond acceptors (Lipinski definition) is 2. The van der Waals surface area contributed by atoms with E-state index in [0.717, 1.165) is 12.2 Å². The number of hydrogen-bond donors (Lipinski definition) is 2. The largest absolute Gasteiger partial charge is 0.382 e. The molecule has 0 spiro atoms. The SMILES string of the molecule is Cc1cc(C)c(NCC(C)(C)Nc2ccccc2)c(C)c1. The van der Waals surface area contributed by atoms with Crippen molar-refractivity contribution < 1.29 is 0 Å². The second kappa shape index (κ2) is 6.21. The van der Waals surface area contributed by atoms with Gasteiger partial charge in [0.1, 0.15) is 0 Å². The van der Waals surface area contributed by atoms with Crippen molar-refractivity contribution in [3.05, 3.63) is 59.2 Å². The van der Waals surface area contributed by atoms with Gasteiger partial charge in [-0.25, -0.2) is 0 Å². The van der Waals surface area contributed by atoms with E-state index in [1.165, 1.54) is 22.4 Å². The smallest absolute Gasteiger partial charge is 0.0489 e. The fourth-order valence-electron chi connectivity index (χ4n) is 2.72. The van der Waals surface area contributed by atoms with Gasteiger partial charge in [0.25, 0.3) is 0 Å². The summed E-state index contributed by atoms with van der Waals surface area (Å²) in [4.78, 5) is 0. The quantitative estimate of drug-likeness (QED) is 0.814. The standard InChI is InChI=1S/C19H26N2/c1-14-11-15(2)18(16(3)12-14)20-13-19(4,5)21-17-9-7-6-8-10-17/h6-12,20-21H,13H2,1-5H3. The predicted molar refractivity (Wildman–Crippen MR) is 93.3 cm³/mol. The Hall–Kier alpha value is -1.96. The van der Waals surface area contributed by atoms with Gasteiger partial charge in [0.05, 0.1) is 0 Å². The van der Waals surface area contributed by atoms with Gasteiger partial charge in [-0.2, -0.15) is 0 Å². The van der Waals surface area contributed by atoms with Gasteiger partial charge < -0.3 is 10.6 Å². The van der Waals surface area contributed by atoms with Crippen LogP contribution in [0.4, 0.5) is 11.4 Å². The minimum atomic E-state index is -0.0227. The minimum Gasteiger partial charge on any atom is -0.382 e. The van der Waals surface area contributed by atoms with Crippen molar-refractivity contribution in [2.24, 2.45) is 0 Å². The lowest BCUT2D eigenvalue weighted by Crippen LogP contribution is -2.38. The first-order valence-electron chi connectivity index (χ1n) is 7.52. The van der Waals surface area contributed by atoms with Crippen molar-refractivity contribution in [3.63, 3.8) is 0 Å². The van der Waals surface area contributed by atoms with Gasteiger partial charge in [0.2, 0.25) is 0 Å². The Kier molecular flexibility index (Phi) is 4.56. The van der Waals surface area contributed by atoms with Crippen molar-refractivity contribution in [2.45, 2.75) is 40.2 Å². The number of aryl methyl sites for hydroxylation is 3. The maximum atomic E-state index is 3.61. The van der Waals surface area contributed by atoms with E-state index in [4.69, 9.17) is 0 Å². The molecule has 2 nitrogen and oxygen atoms in total. The third-order valence-electron chi connectivity index (χ3n) is 3.64. The number of para-hydroxylation sites is 1. The van der Waals surface area contributed by atoms with Crippen LogP contribution in [0.5, 0.6) is 0 Å². The lowest BCUT2D eigenvalue weighted by Gasteiger charge is -2.29. The Morgan fingerprint density at radius 1 is 0.905 bits per heavy atom. The first kappa shape index (κ1) is 15.4. The van der Waals surface area contributed by atoms with E-state index in [-0.39, 0.29) is 5.54 Å². The van der Waals surface area contributed by atoms with E-state index in [9.17, 15) is 0 Å². The van der Waals surface area contributed by atoms with Gasteiger partial charge in [0.15, 0.2) is 0 Å². The van der Waals surface area contributed by atoms with E-state index in [2.05, 4.69) is 81.7 Å². The van der Waals surface area contributed by atoms with Gasteiger partial charge in [-0.3, -0.25) is 0 Å². The molecule has 0 fully saturated rings. The molecule has 0 saturated heterocycles. The molecule has 21 heavy (non-hydrogen) atoms. The second-order valence-electron chi connectivity index (χ2n) is 6.50. The van der Waals surface area contributed by atoms with Crippen molar-refractivity contribution in [1.82, 2.24) is 0 Å². The average molecular weight is 282 g/mol. The van der Waals surface area contributed by atoms with Gasteiger partial charge in [-0.1, -0.05) is 35.9 Å². The predicted octanol–water partition coefficient (Wildman–Crippen LogP) is 4.91. The molecule has 0 aromatic heterocycles. The fraction of sp³-hybridized carbons (Fsp3) is 0.368. The molecule has 0 aliphatic carbocycles. The highest BCUT2D eigenvalue weighted by Crippen LogP contribution is 2.23. The normalized spacial score (nSPS) is 11.3. The first-order chi connectivity index (χ1) is 9.87. The molecule has 2 rings (SSSR count). The molecule has 0 radical (unpaired) electrons. The molecule has 0 heterocycles. The molecule has 0 aliphatic heterocycles. The summed E-state index contributed by atoms with van der Waals surface area (Å²) < 4.78 is 0. The number of rotatable bonds is 5. The van der Waals surface area contributed by atoms with Crippen LogP contribution in [0, 0.1) is 20.8 Å². The summed E-state index contributed by atoms with van der Waals surface area (Å²) >= 11 is 0. The highest BCUT2D eigenvalue weighted by Gasteiger charge is 2.17. The van der Waals surface area contributed by atoms with Crippen LogP contribution in [0.15, 0.2) is 42.5 Å². The summed E-state index contributed by atoms with van der Waals surface area (Å²) in [6, 6.07) is 14.8. The lowest BCUT2D eigenvalue weighted by molar-refractivity contribution is 0.598. The van der Waals surface area contributed by atoms with Crippen LogP contribution in [0.3, 0.4) is 0 Å². The minimum absolute atomic E-state index is 0.0227. The summed E-state index contributed by atoms with van der Waals surface area (Å²) in [6.07, 6.45) is 0. The first-order valence-corrected chi connectivity index (χ1v) is 7.52. The second-order valence-corrected chi connectivity index (χ2v) is 6.50. The Bertz CT molecular complexity index is 577. The molecule has 0 bridgehead atoms. The maximum Gasteiger partial charge on any atom is 0.0489 e. The molecule has 0 amide bonds. The molecule has 0 saturated carbocycles. The molecule has 112 valence electrons. The number of nitrogens with one attached hydrogen (secondary N) is 2. The van der Waals surface area contributed by atoms with Crippen LogP contribution in [0.25, 0.3) is 0 Å². The van der Waals surface area contributed by atoms with Crippen LogP contribution in [0.1, 0.15) is 30.5 Å². The molecule has 2 aromatic carbocycles. The highest BCUT2D eigenvalue weighted by atomic mass is 15.0. The van der Waals surface area contributed by atoms with Gasteiger partial charge in [0, 0.05) is 23.5 Å². The Balaban J connectivity index is 2.05. The number of benzene rings is 2. The molecular weight excluding hydrogens is 256 g/mol. The van der Waals surface area contributed by atoms with Crippen molar-refractivity contribution in [2.75, 3.05) is 17.2 Å². The topological polar surface area (TPSA) is 24.1 Å². The van der Waals surface area contributed by atoms with Crippen LogP contribution in [-0.2, 0) is 0 Å². The van der Waals surface area contributed by atoms with Gasteiger partial charge in [-0.05, 0) is 57.9 Å². The third-order valence-corrected chi connectivity index (χ3v) is 3.64. The van der Waals surface area contributed by atoms with Crippen LogP contribution in [-0.4, -0.2) is 12.1 Å². The summed E-state index contributed by atoms with van der Waals surface area (Å²) in [5, 5.41) is 7.18. The van der Waals surface area contributed by atoms with E-state index < -0.39 is 0 Å². The van der Waals surface area contributed by atoms with E-state index in [1.807, 2.05) is 6.07 Å². The van der Waals surface area contributed by atoms with Gasteiger partial charge in [-0.15, -0.1) is 0 Å². The zero-order chi connectivity index (χ0) is 15.5.